The number of methoxy groups -OCH3 is 1. The van der Waals surface area contributed by atoms with Gasteiger partial charge in [-0.3, -0.25) is 4.90 Å². The summed E-state index contributed by atoms with van der Waals surface area (Å²) in [6.07, 6.45) is 0. The number of aromatic nitrogens is 2. The molecule has 1 N–H and O–H groups in total. The average molecular weight is 296 g/mol. The number of carbonyl (C=O) groups excluding carboxylic acids is 1. The van der Waals surface area contributed by atoms with Crippen LogP contribution in [0, 0.1) is 6.92 Å². The molecule has 0 spiro atoms. The smallest absolute Gasteiger partial charge is 0.376 e. The Balaban J connectivity index is 1.88. The van der Waals surface area contributed by atoms with E-state index in [4.69, 9.17) is 0 Å². The van der Waals surface area contributed by atoms with Crippen LogP contribution in [0.15, 0.2) is 6.07 Å². The molecule has 0 bridgehead atoms. The van der Waals surface area contributed by atoms with Gasteiger partial charge in [-0.15, -0.1) is 0 Å². The quantitative estimate of drug-likeness (QED) is 0.814. The summed E-state index contributed by atoms with van der Waals surface area (Å²) < 4.78 is 4.64. The van der Waals surface area contributed by atoms with E-state index in [-0.39, 0.29) is 5.82 Å². The van der Waals surface area contributed by atoms with Crippen molar-refractivity contribution >= 4 is 23.5 Å². The molecule has 0 radical (unpaired) electrons. The number of hydrogen-bond acceptors (Lipinski definition) is 7. The van der Waals surface area contributed by atoms with E-state index in [1.165, 1.54) is 18.6 Å². The third-order valence-electron chi connectivity index (χ3n) is 3.06. The van der Waals surface area contributed by atoms with Crippen molar-refractivity contribution in [3.63, 3.8) is 0 Å². The van der Waals surface area contributed by atoms with Crippen LogP contribution >= 0.6 is 11.8 Å². The first kappa shape index (κ1) is 15.1. The lowest BCUT2D eigenvalue weighted by atomic mass is 10.4. The lowest BCUT2D eigenvalue weighted by Gasteiger charge is -2.26. The van der Waals surface area contributed by atoms with Crippen molar-refractivity contribution in [1.29, 1.82) is 0 Å². The van der Waals surface area contributed by atoms with Crippen molar-refractivity contribution in [2.24, 2.45) is 0 Å². The standard InChI is InChI=1S/C13H20N4O2S/c1-10-9-11(16-12(15-10)13(18)19-2)14-3-4-17-5-7-20-8-6-17/h9H,3-8H2,1-2H3,(H,14,15,16). The van der Waals surface area contributed by atoms with Gasteiger partial charge in [0.05, 0.1) is 7.11 Å². The van der Waals surface area contributed by atoms with Crippen LogP contribution in [0.4, 0.5) is 5.82 Å². The lowest BCUT2D eigenvalue weighted by Crippen LogP contribution is -2.36. The highest BCUT2D eigenvalue weighted by molar-refractivity contribution is 7.99. The molecule has 110 valence electrons. The molecule has 1 aromatic heterocycles. The van der Waals surface area contributed by atoms with Crippen LogP contribution in [-0.4, -0.2) is 65.6 Å². The molecule has 0 aliphatic carbocycles. The van der Waals surface area contributed by atoms with Crippen LogP contribution in [-0.2, 0) is 4.74 Å². The SMILES string of the molecule is COC(=O)c1nc(C)cc(NCCN2CCSCC2)n1. The average Bonchev–Trinajstić information content (AvgIpc) is 2.47. The molecular formula is C13H20N4O2S. The van der Waals surface area contributed by atoms with Crippen LogP contribution < -0.4 is 5.32 Å². The molecule has 0 saturated carbocycles. The number of carbonyl (C=O) groups is 1. The van der Waals surface area contributed by atoms with Gasteiger partial charge < -0.3 is 10.1 Å². The molecule has 20 heavy (non-hydrogen) atoms. The van der Waals surface area contributed by atoms with Gasteiger partial charge >= 0.3 is 5.97 Å². The molecule has 2 rings (SSSR count). The summed E-state index contributed by atoms with van der Waals surface area (Å²) in [5.74, 6) is 2.68. The zero-order valence-corrected chi connectivity index (χ0v) is 12.7. The van der Waals surface area contributed by atoms with Crippen molar-refractivity contribution in [3.05, 3.63) is 17.6 Å². The molecule has 0 amide bonds. The van der Waals surface area contributed by atoms with Crippen molar-refractivity contribution in [1.82, 2.24) is 14.9 Å². The van der Waals surface area contributed by atoms with Crippen LogP contribution in [0.3, 0.4) is 0 Å². The maximum Gasteiger partial charge on any atom is 0.376 e. The summed E-state index contributed by atoms with van der Waals surface area (Å²) in [4.78, 5) is 22.1. The Morgan fingerprint density at radius 2 is 2.20 bits per heavy atom. The molecule has 7 heteroatoms. The summed E-state index contributed by atoms with van der Waals surface area (Å²) >= 11 is 2.00. The van der Waals surface area contributed by atoms with Crippen LogP contribution in [0.5, 0.6) is 0 Å². The van der Waals surface area contributed by atoms with E-state index < -0.39 is 5.97 Å². The normalized spacial score (nSPS) is 15.9. The zero-order chi connectivity index (χ0) is 14.4. The minimum atomic E-state index is -0.509. The minimum absolute atomic E-state index is 0.101. The van der Waals surface area contributed by atoms with Crippen LogP contribution in [0.2, 0.25) is 0 Å². The summed E-state index contributed by atoms with van der Waals surface area (Å²) in [6, 6.07) is 1.83. The highest BCUT2D eigenvalue weighted by Gasteiger charge is 2.12. The number of rotatable bonds is 5. The Hall–Kier alpha value is -1.34. The van der Waals surface area contributed by atoms with Gasteiger partial charge in [0.1, 0.15) is 5.82 Å². The van der Waals surface area contributed by atoms with E-state index in [2.05, 4.69) is 24.9 Å². The zero-order valence-electron chi connectivity index (χ0n) is 11.9. The van der Waals surface area contributed by atoms with Gasteiger partial charge in [-0.2, -0.15) is 11.8 Å². The number of nitrogens with zero attached hydrogens (tertiary/aromatic N) is 3. The first-order valence-corrected chi connectivity index (χ1v) is 7.82. The predicted molar refractivity (Wildman–Crippen MR) is 80.4 cm³/mol. The fourth-order valence-electron chi connectivity index (χ4n) is 2.01. The molecule has 6 nitrogen and oxygen atoms in total. The number of nitrogens with one attached hydrogen (secondary N) is 1. The summed E-state index contributed by atoms with van der Waals surface area (Å²) in [5.41, 5.74) is 0.747. The topological polar surface area (TPSA) is 67.3 Å². The molecule has 1 saturated heterocycles. The summed E-state index contributed by atoms with van der Waals surface area (Å²) in [5, 5.41) is 3.24. The third kappa shape index (κ3) is 4.35. The maximum absolute atomic E-state index is 11.5. The maximum atomic E-state index is 11.5. The molecule has 1 fully saturated rings. The molecule has 0 aromatic carbocycles. The highest BCUT2D eigenvalue weighted by atomic mass is 32.2. The van der Waals surface area contributed by atoms with Gasteiger partial charge in [0.2, 0.25) is 5.82 Å². The molecule has 1 aliphatic rings. The van der Waals surface area contributed by atoms with Gasteiger partial charge in [-0.25, -0.2) is 14.8 Å². The number of hydrogen-bond donors (Lipinski definition) is 1. The molecular weight excluding hydrogens is 276 g/mol. The van der Waals surface area contributed by atoms with Crippen LogP contribution in [0.25, 0.3) is 0 Å². The number of esters is 1. The largest absolute Gasteiger partial charge is 0.463 e. The van der Waals surface area contributed by atoms with E-state index in [9.17, 15) is 4.79 Å². The number of ether oxygens (including phenoxy) is 1. The number of anilines is 1. The molecule has 0 unspecified atom stereocenters. The Morgan fingerprint density at radius 3 is 2.90 bits per heavy atom. The van der Waals surface area contributed by atoms with Gasteiger partial charge in [0, 0.05) is 49.4 Å². The molecule has 2 heterocycles. The molecule has 0 atom stereocenters. The Bertz CT molecular complexity index is 464. The van der Waals surface area contributed by atoms with E-state index >= 15 is 0 Å². The van der Waals surface area contributed by atoms with Crippen molar-refractivity contribution in [3.8, 4) is 0 Å². The van der Waals surface area contributed by atoms with Gasteiger partial charge in [-0.1, -0.05) is 0 Å². The van der Waals surface area contributed by atoms with E-state index in [0.29, 0.717) is 5.82 Å². The van der Waals surface area contributed by atoms with Gasteiger partial charge in [-0.05, 0) is 6.92 Å². The lowest BCUT2D eigenvalue weighted by molar-refractivity contribution is 0.0586. The summed E-state index contributed by atoms with van der Waals surface area (Å²) in [7, 11) is 1.33. The first-order chi connectivity index (χ1) is 9.69. The fraction of sp³-hybridized carbons (Fsp3) is 0.615. The van der Waals surface area contributed by atoms with Crippen molar-refractivity contribution in [2.75, 3.05) is 50.1 Å². The van der Waals surface area contributed by atoms with Crippen LogP contribution in [0.1, 0.15) is 16.3 Å². The van der Waals surface area contributed by atoms with Crippen molar-refractivity contribution in [2.45, 2.75) is 6.92 Å². The first-order valence-electron chi connectivity index (χ1n) is 6.67. The van der Waals surface area contributed by atoms with Gasteiger partial charge in [0.25, 0.3) is 0 Å². The predicted octanol–water partition coefficient (Wildman–Crippen LogP) is 1.03. The fourth-order valence-corrected chi connectivity index (χ4v) is 2.99. The van der Waals surface area contributed by atoms with E-state index in [1.807, 2.05) is 24.8 Å². The van der Waals surface area contributed by atoms with E-state index in [0.717, 1.165) is 31.9 Å². The number of thioether (sulfide) groups is 1. The second kappa shape index (κ2) is 7.44. The van der Waals surface area contributed by atoms with Gasteiger partial charge in [0.15, 0.2) is 0 Å². The Labute approximate surface area is 123 Å². The van der Waals surface area contributed by atoms with E-state index in [1.54, 1.807) is 0 Å². The monoisotopic (exact) mass is 296 g/mol. The third-order valence-corrected chi connectivity index (χ3v) is 4.00. The second-order valence-electron chi connectivity index (χ2n) is 4.59. The Kier molecular flexibility index (Phi) is 5.60. The number of aryl methyl sites for hydroxylation is 1. The minimum Gasteiger partial charge on any atom is -0.463 e. The second-order valence-corrected chi connectivity index (χ2v) is 5.82. The Morgan fingerprint density at radius 1 is 1.45 bits per heavy atom. The highest BCUT2D eigenvalue weighted by Crippen LogP contribution is 2.09. The summed E-state index contributed by atoms with van der Waals surface area (Å²) in [6.45, 7) is 5.91. The van der Waals surface area contributed by atoms with Crippen molar-refractivity contribution < 1.29 is 9.53 Å². The molecule has 1 aliphatic heterocycles. The molecule has 1 aromatic rings.